The van der Waals surface area contributed by atoms with Gasteiger partial charge < -0.3 is 4.55 Å². The molecule has 1 aromatic rings. The van der Waals surface area contributed by atoms with Crippen molar-refractivity contribution in [3.8, 4) is 0 Å². The van der Waals surface area contributed by atoms with Crippen LogP contribution in [0.25, 0.3) is 0 Å². The summed E-state index contributed by atoms with van der Waals surface area (Å²) in [6, 6.07) is 3.37. The molecule has 0 spiro atoms. The Hall–Kier alpha value is 0.696. The molecule has 1 aromatic heterocycles. The molecule has 0 atom stereocenters. The van der Waals surface area contributed by atoms with Crippen LogP contribution < -0.4 is 51.4 Å². The quantitative estimate of drug-likeness (QED) is 0.411. The van der Waals surface area contributed by atoms with Gasteiger partial charge in [-0.15, -0.1) is 0 Å². The molecule has 0 aliphatic heterocycles. The molecule has 0 saturated heterocycles. The number of nitrogens with zero attached hydrogens (tertiary/aromatic N) is 1. The van der Waals surface area contributed by atoms with E-state index in [4.69, 9.17) is 0 Å². The van der Waals surface area contributed by atoms with Crippen LogP contribution in [0.5, 0.6) is 0 Å². The largest absolute Gasteiger partial charge is 1.00 e. The number of hydrogen-bond acceptors (Lipinski definition) is 4. The summed E-state index contributed by atoms with van der Waals surface area (Å²) in [7, 11) is -4.09. The predicted octanol–water partition coefficient (Wildman–Crippen LogP) is -2.83. The summed E-state index contributed by atoms with van der Waals surface area (Å²) in [5, 5.41) is 0. The molecular formula is C7H8KNO3S. The van der Waals surface area contributed by atoms with Crippen LogP contribution in [0.15, 0.2) is 24.5 Å². The third kappa shape index (κ3) is 6.73. The van der Waals surface area contributed by atoms with Crippen molar-refractivity contribution in [2.45, 2.75) is 6.42 Å². The molecule has 0 bridgehead atoms. The molecule has 13 heavy (non-hydrogen) atoms. The molecule has 4 nitrogen and oxygen atoms in total. The van der Waals surface area contributed by atoms with E-state index in [0.29, 0.717) is 0 Å². The smallest absolute Gasteiger partial charge is 0.748 e. The fourth-order valence-corrected chi connectivity index (χ4v) is 1.28. The Bertz CT molecular complexity index is 338. The Morgan fingerprint density at radius 3 is 2.31 bits per heavy atom. The summed E-state index contributed by atoms with van der Waals surface area (Å²) in [5.74, 6) is -0.350. The Morgan fingerprint density at radius 1 is 1.31 bits per heavy atom. The van der Waals surface area contributed by atoms with Crippen LogP contribution in [0.3, 0.4) is 0 Å². The van der Waals surface area contributed by atoms with Crippen molar-refractivity contribution in [2.75, 3.05) is 5.75 Å². The van der Waals surface area contributed by atoms with E-state index in [1.807, 2.05) is 0 Å². The minimum absolute atomic E-state index is 0. The SMILES string of the molecule is O=S(=O)([O-])CCc1ccncc1.[K+]. The molecule has 0 aliphatic carbocycles. The topological polar surface area (TPSA) is 70.1 Å². The maximum atomic E-state index is 10.2. The first-order valence-corrected chi connectivity index (χ1v) is 4.98. The van der Waals surface area contributed by atoms with Gasteiger partial charge in [0.05, 0.1) is 10.1 Å². The molecule has 0 saturated carbocycles. The Morgan fingerprint density at radius 2 is 1.85 bits per heavy atom. The standard InChI is InChI=1S/C7H9NO3S.K/c9-12(10,11)6-3-7-1-4-8-5-2-7;/h1-2,4-5H,3,6H2,(H,9,10,11);/q;+1/p-1. The van der Waals surface area contributed by atoms with E-state index in [-0.39, 0.29) is 63.6 Å². The molecule has 1 rings (SSSR count). The monoisotopic (exact) mass is 225 g/mol. The second-order valence-corrected chi connectivity index (χ2v) is 3.89. The minimum Gasteiger partial charge on any atom is -0.748 e. The molecule has 0 fully saturated rings. The van der Waals surface area contributed by atoms with E-state index in [0.717, 1.165) is 5.56 Å². The third-order valence-corrected chi connectivity index (χ3v) is 2.09. The first-order valence-electron chi connectivity index (χ1n) is 3.40. The molecule has 0 N–H and O–H groups in total. The van der Waals surface area contributed by atoms with Gasteiger partial charge in [0.25, 0.3) is 0 Å². The van der Waals surface area contributed by atoms with Gasteiger partial charge in [-0.2, -0.15) is 0 Å². The molecule has 0 unspecified atom stereocenters. The summed E-state index contributed by atoms with van der Waals surface area (Å²) in [4.78, 5) is 3.76. The molecule has 1 heterocycles. The molecule has 0 aromatic carbocycles. The molecular weight excluding hydrogens is 217 g/mol. The van der Waals surface area contributed by atoms with Crippen molar-refractivity contribution in [3.63, 3.8) is 0 Å². The van der Waals surface area contributed by atoms with Crippen molar-refractivity contribution in [3.05, 3.63) is 30.1 Å². The number of aromatic nitrogens is 1. The normalized spacial score (nSPS) is 10.5. The van der Waals surface area contributed by atoms with Crippen LogP contribution in [0.2, 0.25) is 0 Å². The van der Waals surface area contributed by atoms with E-state index < -0.39 is 10.1 Å². The van der Waals surface area contributed by atoms with Gasteiger partial charge in [-0.05, 0) is 24.1 Å². The van der Waals surface area contributed by atoms with Crippen molar-refractivity contribution >= 4 is 10.1 Å². The van der Waals surface area contributed by atoms with E-state index in [2.05, 4.69) is 4.98 Å². The van der Waals surface area contributed by atoms with Gasteiger partial charge in [0.15, 0.2) is 0 Å². The molecule has 66 valence electrons. The van der Waals surface area contributed by atoms with Gasteiger partial charge >= 0.3 is 51.4 Å². The van der Waals surface area contributed by atoms with Crippen molar-refractivity contribution < 1.29 is 64.4 Å². The van der Waals surface area contributed by atoms with Gasteiger partial charge in [-0.1, -0.05) is 0 Å². The van der Waals surface area contributed by atoms with E-state index >= 15 is 0 Å². The van der Waals surface area contributed by atoms with Gasteiger partial charge in [-0.3, -0.25) is 4.98 Å². The average Bonchev–Trinajstić information content (AvgIpc) is 2.02. The summed E-state index contributed by atoms with van der Waals surface area (Å²) in [6.45, 7) is 0. The van der Waals surface area contributed by atoms with Crippen LogP contribution in [0, 0.1) is 0 Å². The molecule has 0 radical (unpaired) electrons. The van der Waals surface area contributed by atoms with E-state index in [1.165, 1.54) is 0 Å². The molecule has 6 heteroatoms. The van der Waals surface area contributed by atoms with E-state index in [1.54, 1.807) is 24.5 Å². The fourth-order valence-electron chi connectivity index (χ4n) is 0.792. The van der Waals surface area contributed by atoms with Gasteiger partial charge in [0, 0.05) is 18.1 Å². The Balaban J connectivity index is 0.00000144. The van der Waals surface area contributed by atoms with Crippen LogP contribution >= 0.6 is 0 Å². The predicted molar refractivity (Wildman–Crippen MR) is 42.5 cm³/mol. The maximum absolute atomic E-state index is 10.2. The zero-order valence-corrected chi connectivity index (χ0v) is 11.2. The first-order chi connectivity index (χ1) is 5.58. The third-order valence-electron chi connectivity index (χ3n) is 1.39. The zero-order valence-electron chi connectivity index (χ0n) is 7.30. The van der Waals surface area contributed by atoms with Crippen molar-refractivity contribution in [1.29, 1.82) is 0 Å². The fraction of sp³-hybridized carbons (Fsp3) is 0.286. The van der Waals surface area contributed by atoms with Crippen molar-refractivity contribution in [2.24, 2.45) is 0 Å². The van der Waals surface area contributed by atoms with Crippen LogP contribution in [0.4, 0.5) is 0 Å². The molecule has 0 aliphatic rings. The average molecular weight is 225 g/mol. The summed E-state index contributed by atoms with van der Waals surface area (Å²) in [5.41, 5.74) is 0.810. The molecule has 0 amide bonds. The minimum atomic E-state index is -4.09. The van der Waals surface area contributed by atoms with Crippen LogP contribution in [-0.4, -0.2) is 23.7 Å². The second kappa shape index (κ2) is 6.23. The number of aryl methyl sites for hydroxylation is 1. The number of pyridine rings is 1. The van der Waals surface area contributed by atoms with Gasteiger partial charge in [0.2, 0.25) is 0 Å². The summed E-state index contributed by atoms with van der Waals surface area (Å²) < 4.78 is 30.7. The van der Waals surface area contributed by atoms with E-state index in [9.17, 15) is 13.0 Å². The Kier molecular flexibility index (Phi) is 6.56. The van der Waals surface area contributed by atoms with Crippen molar-refractivity contribution in [1.82, 2.24) is 4.98 Å². The van der Waals surface area contributed by atoms with Crippen LogP contribution in [0.1, 0.15) is 5.56 Å². The Labute approximate surface area is 120 Å². The van der Waals surface area contributed by atoms with Gasteiger partial charge in [-0.25, -0.2) is 8.42 Å². The first kappa shape index (κ1) is 13.7. The second-order valence-electron chi connectivity index (χ2n) is 2.37. The summed E-state index contributed by atoms with van der Waals surface area (Å²) in [6.07, 6.45) is 3.38. The number of rotatable bonds is 3. The maximum Gasteiger partial charge on any atom is 1.00 e. The zero-order chi connectivity index (χ0) is 9.03. The summed E-state index contributed by atoms with van der Waals surface area (Å²) >= 11 is 0. The van der Waals surface area contributed by atoms with Crippen LogP contribution in [-0.2, 0) is 16.5 Å². The number of hydrogen-bond donors (Lipinski definition) is 0. The van der Waals surface area contributed by atoms with Gasteiger partial charge in [0.1, 0.15) is 0 Å².